The van der Waals surface area contributed by atoms with E-state index >= 15 is 0 Å². The Balaban J connectivity index is 0.00000289. The van der Waals surface area contributed by atoms with Gasteiger partial charge in [0.2, 0.25) is 17.0 Å². The fourth-order valence-corrected chi connectivity index (χ4v) is 4.52. The Bertz CT molecular complexity index is 1540. The Morgan fingerprint density at radius 3 is 2.20 bits per heavy atom. The molecule has 0 fully saturated rings. The van der Waals surface area contributed by atoms with E-state index in [2.05, 4.69) is 58.2 Å². The molecule has 3 aromatic carbocycles. The number of aryl methyl sites for hydroxylation is 2. The molecule has 0 bridgehead atoms. The molecule has 0 unspecified atom stereocenters. The second-order valence-electron chi connectivity index (χ2n) is 8.58. The SMILES string of the molecule is CC[n+]1c(-c2ccc(N)cc2)c2cc(Nc3cc(C)[n+](C)c(N)n3)ccc2c2ccc(N)cc21.[Br-]. The van der Waals surface area contributed by atoms with E-state index in [0.29, 0.717) is 11.8 Å². The van der Waals surface area contributed by atoms with Crippen molar-refractivity contribution in [2.24, 2.45) is 7.05 Å². The maximum atomic E-state index is 6.19. The minimum absolute atomic E-state index is 0. The van der Waals surface area contributed by atoms with Crippen LogP contribution in [0, 0.1) is 6.92 Å². The van der Waals surface area contributed by atoms with Gasteiger partial charge in [0.1, 0.15) is 6.54 Å². The van der Waals surface area contributed by atoms with Crippen molar-refractivity contribution < 1.29 is 26.1 Å². The first kappa shape index (κ1) is 24.2. The van der Waals surface area contributed by atoms with E-state index in [0.717, 1.165) is 62.2 Å². The Morgan fingerprint density at radius 2 is 1.51 bits per heavy atom. The molecule has 8 heteroatoms. The highest BCUT2D eigenvalue weighted by Gasteiger charge is 2.23. The van der Waals surface area contributed by atoms with Crippen LogP contribution in [-0.2, 0) is 13.6 Å². The van der Waals surface area contributed by atoms with E-state index in [4.69, 9.17) is 17.2 Å². The molecule has 0 atom stereocenters. The molecule has 35 heavy (non-hydrogen) atoms. The van der Waals surface area contributed by atoms with Crippen LogP contribution in [0.1, 0.15) is 12.6 Å². The topological polar surface area (TPSA) is 111 Å². The van der Waals surface area contributed by atoms with Crippen LogP contribution in [-0.4, -0.2) is 4.98 Å². The number of hydrogen-bond acceptors (Lipinski definition) is 5. The molecule has 178 valence electrons. The molecule has 2 aromatic heterocycles. The minimum Gasteiger partial charge on any atom is -1.00 e. The predicted molar refractivity (Wildman–Crippen MR) is 139 cm³/mol. The highest BCUT2D eigenvalue weighted by molar-refractivity contribution is 6.10. The van der Waals surface area contributed by atoms with Crippen LogP contribution in [0.25, 0.3) is 32.9 Å². The molecule has 0 aliphatic carbocycles. The molecule has 0 aliphatic rings. The van der Waals surface area contributed by atoms with Gasteiger partial charge in [0, 0.05) is 40.1 Å². The molecule has 7 N–H and O–H groups in total. The Morgan fingerprint density at radius 1 is 0.829 bits per heavy atom. The molecular formula is C27H29BrN7+. The summed E-state index contributed by atoms with van der Waals surface area (Å²) in [7, 11) is 1.90. The van der Waals surface area contributed by atoms with Gasteiger partial charge in [-0.3, -0.25) is 5.73 Å². The maximum Gasteiger partial charge on any atom is 0.391 e. The molecule has 7 nitrogen and oxygen atoms in total. The van der Waals surface area contributed by atoms with Gasteiger partial charge in [-0.25, -0.2) is 4.57 Å². The molecule has 2 heterocycles. The van der Waals surface area contributed by atoms with Gasteiger partial charge >= 0.3 is 5.95 Å². The third-order valence-electron chi connectivity index (χ3n) is 6.37. The van der Waals surface area contributed by atoms with E-state index in [9.17, 15) is 0 Å². The van der Waals surface area contributed by atoms with Crippen LogP contribution in [0.4, 0.5) is 28.8 Å². The van der Waals surface area contributed by atoms with Crippen molar-refractivity contribution in [3.63, 3.8) is 0 Å². The molecule has 0 spiro atoms. The molecule has 0 aliphatic heterocycles. The number of benzene rings is 3. The van der Waals surface area contributed by atoms with Crippen LogP contribution in [0.5, 0.6) is 0 Å². The van der Waals surface area contributed by atoms with Gasteiger partial charge in [0.25, 0.3) is 0 Å². The molecule has 5 rings (SSSR count). The molecular weight excluding hydrogens is 502 g/mol. The second-order valence-corrected chi connectivity index (χ2v) is 8.58. The minimum atomic E-state index is 0. The summed E-state index contributed by atoms with van der Waals surface area (Å²) in [5, 5.41) is 6.87. The fraction of sp³-hybridized carbons (Fsp3) is 0.148. The van der Waals surface area contributed by atoms with Crippen LogP contribution in [0.3, 0.4) is 0 Å². The fourth-order valence-electron chi connectivity index (χ4n) is 4.52. The molecule has 0 radical (unpaired) electrons. The summed E-state index contributed by atoms with van der Waals surface area (Å²) >= 11 is 0. The summed E-state index contributed by atoms with van der Waals surface area (Å²) in [6, 6.07) is 22.5. The summed E-state index contributed by atoms with van der Waals surface area (Å²) in [6.07, 6.45) is 0. The van der Waals surface area contributed by atoms with Gasteiger partial charge in [-0.2, -0.15) is 4.57 Å². The first-order valence-electron chi connectivity index (χ1n) is 11.3. The number of fused-ring (bicyclic) bond motifs is 3. The molecule has 0 saturated carbocycles. The van der Waals surface area contributed by atoms with Gasteiger partial charge in [-0.1, -0.05) is 11.1 Å². The van der Waals surface area contributed by atoms with Gasteiger partial charge in [0.15, 0.2) is 0 Å². The summed E-state index contributed by atoms with van der Waals surface area (Å²) in [6.45, 7) is 4.95. The van der Waals surface area contributed by atoms with Gasteiger partial charge in [-0.15, -0.1) is 0 Å². The quantitative estimate of drug-likeness (QED) is 0.157. The monoisotopic (exact) mass is 530 g/mol. The number of nitrogen functional groups attached to an aromatic ring is 3. The van der Waals surface area contributed by atoms with E-state index in [1.807, 2.05) is 48.9 Å². The zero-order valence-corrected chi connectivity index (χ0v) is 21.6. The van der Waals surface area contributed by atoms with Crippen LogP contribution < -0.4 is 48.6 Å². The first-order valence-corrected chi connectivity index (χ1v) is 11.3. The summed E-state index contributed by atoms with van der Waals surface area (Å²) in [4.78, 5) is 4.49. The summed E-state index contributed by atoms with van der Waals surface area (Å²) in [5.74, 6) is 1.16. The van der Waals surface area contributed by atoms with E-state index in [1.54, 1.807) is 0 Å². The average Bonchev–Trinajstić information content (AvgIpc) is 2.82. The number of nitrogens with one attached hydrogen (secondary N) is 1. The zero-order chi connectivity index (χ0) is 24.0. The standard InChI is InChI=1S/C27H27N7.BrH/c1-4-34-24-14-19(29)9-11-22(24)21-12-10-20(31-25-13-16(2)33(3)27(30)32-25)15-23(21)26(34)17-5-7-18(28)8-6-17;/h5-15H,4H2,1-3H3,(H5,28,29,30,31,32);1H/p+1. The van der Waals surface area contributed by atoms with Crippen molar-refractivity contribution in [3.05, 3.63) is 72.4 Å². The number of nitrogens with two attached hydrogens (primary N) is 3. The first-order chi connectivity index (χ1) is 16.4. The highest BCUT2D eigenvalue weighted by Crippen LogP contribution is 2.34. The summed E-state index contributed by atoms with van der Waals surface area (Å²) < 4.78 is 4.17. The molecule has 0 saturated heterocycles. The highest BCUT2D eigenvalue weighted by atomic mass is 79.9. The molecule has 0 amide bonds. The van der Waals surface area contributed by atoms with Gasteiger partial charge < -0.3 is 33.8 Å². The third kappa shape index (κ3) is 4.33. The lowest BCUT2D eigenvalue weighted by atomic mass is 9.98. The number of halogens is 1. The normalized spacial score (nSPS) is 10.9. The molecule has 5 aromatic rings. The van der Waals surface area contributed by atoms with Crippen molar-refractivity contribution in [2.75, 3.05) is 22.5 Å². The number of hydrogen-bond donors (Lipinski definition) is 4. The predicted octanol–water partition coefficient (Wildman–Crippen LogP) is 0.990. The lowest BCUT2D eigenvalue weighted by molar-refractivity contribution is -0.665. The van der Waals surface area contributed by atoms with E-state index in [-0.39, 0.29) is 17.0 Å². The van der Waals surface area contributed by atoms with E-state index < -0.39 is 0 Å². The Hall–Kier alpha value is -3.91. The zero-order valence-electron chi connectivity index (χ0n) is 20.0. The largest absolute Gasteiger partial charge is 1.00 e. The van der Waals surface area contributed by atoms with Gasteiger partial charge in [0.05, 0.1) is 23.5 Å². The average molecular weight is 531 g/mol. The number of rotatable bonds is 4. The van der Waals surface area contributed by atoms with Crippen molar-refractivity contribution in [2.45, 2.75) is 20.4 Å². The number of aromatic nitrogens is 3. The third-order valence-corrected chi connectivity index (χ3v) is 6.37. The van der Waals surface area contributed by atoms with Crippen LogP contribution in [0.15, 0.2) is 66.7 Å². The lowest BCUT2D eigenvalue weighted by Gasteiger charge is -2.13. The van der Waals surface area contributed by atoms with E-state index in [1.165, 1.54) is 0 Å². The number of nitrogens with zero attached hydrogens (tertiary/aromatic N) is 3. The maximum absolute atomic E-state index is 6.19. The Labute approximate surface area is 215 Å². The Kier molecular flexibility index (Phi) is 6.49. The second kappa shape index (κ2) is 9.38. The van der Waals surface area contributed by atoms with Gasteiger partial charge in [-0.05, 0) is 62.4 Å². The van der Waals surface area contributed by atoms with Crippen molar-refractivity contribution in [1.82, 2.24) is 4.98 Å². The van der Waals surface area contributed by atoms with Crippen molar-refractivity contribution in [3.8, 4) is 11.3 Å². The smallest absolute Gasteiger partial charge is 0.391 e. The number of pyridine rings is 1. The van der Waals surface area contributed by atoms with Crippen molar-refractivity contribution >= 4 is 50.5 Å². The summed E-state index contributed by atoms with van der Waals surface area (Å²) in [5.41, 5.74) is 25.0. The van der Waals surface area contributed by atoms with Crippen LogP contribution >= 0.6 is 0 Å². The van der Waals surface area contributed by atoms with Crippen LogP contribution in [0.2, 0.25) is 0 Å². The lowest BCUT2D eigenvalue weighted by Crippen LogP contribution is -3.00. The van der Waals surface area contributed by atoms with Crippen molar-refractivity contribution in [1.29, 1.82) is 0 Å². The number of anilines is 5.